The highest BCUT2D eigenvalue weighted by Gasteiger charge is 2.20. The largest absolute Gasteiger partial charge is 0.481 e. The molecule has 1 rings (SSSR count). The van der Waals surface area contributed by atoms with Crippen molar-refractivity contribution in [2.24, 2.45) is 0 Å². The first kappa shape index (κ1) is 12.7. The van der Waals surface area contributed by atoms with Crippen LogP contribution in [0.5, 0.6) is 0 Å². The normalized spacial score (nSPS) is 12.4. The van der Waals surface area contributed by atoms with Crippen molar-refractivity contribution in [2.45, 2.75) is 32.1 Å². The molecular weight excluding hydrogens is 204 g/mol. The van der Waals surface area contributed by atoms with E-state index >= 15 is 0 Å². The van der Waals surface area contributed by atoms with Crippen LogP contribution < -0.4 is 0 Å². The Bertz CT molecular complexity index is 347. The third-order valence-corrected chi connectivity index (χ3v) is 2.76. The van der Waals surface area contributed by atoms with Crippen LogP contribution in [0.2, 0.25) is 0 Å². The van der Waals surface area contributed by atoms with Crippen molar-refractivity contribution in [3.05, 3.63) is 35.4 Å². The van der Waals surface area contributed by atoms with E-state index in [9.17, 15) is 9.90 Å². The number of aliphatic carboxylic acids is 1. The molecule has 0 bridgehead atoms. The first-order valence-corrected chi connectivity index (χ1v) is 5.56. The van der Waals surface area contributed by atoms with E-state index in [-0.39, 0.29) is 6.61 Å². The number of carboxylic acids is 1. The molecule has 0 aliphatic heterocycles. The fraction of sp³-hybridized carbons (Fsp3) is 0.462. The lowest BCUT2D eigenvalue weighted by Gasteiger charge is -2.14. The molecule has 0 aliphatic carbocycles. The summed E-state index contributed by atoms with van der Waals surface area (Å²) in [5.41, 5.74) is 1.90. The van der Waals surface area contributed by atoms with Crippen molar-refractivity contribution in [3.63, 3.8) is 0 Å². The predicted molar refractivity (Wildman–Crippen MR) is 62.5 cm³/mol. The van der Waals surface area contributed by atoms with Crippen LogP contribution in [0.3, 0.4) is 0 Å². The van der Waals surface area contributed by atoms with Gasteiger partial charge in [-0.25, -0.2) is 0 Å². The number of carboxylic acid groups (broad SMARTS) is 1. The van der Waals surface area contributed by atoms with Crippen molar-refractivity contribution in [2.75, 3.05) is 6.61 Å². The van der Waals surface area contributed by atoms with Crippen molar-refractivity contribution in [1.29, 1.82) is 0 Å². The summed E-state index contributed by atoms with van der Waals surface area (Å²) in [6.45, 7) is 2.05. The van der Waals surface area contributed by atoms with E-state index in [0.717, 1.165) is 17.5 Å². The summed E-state index contributed by atoms with van der Waals surface area (Å²) < 4.78 is 0. The van der Waals surface area contributed by atoms with Gasteiger partial charge in [0, 0.05) is 6.61 Å². The Hall–Kier alpha value is -1.35. The quantitative estimate of drug-likeness (QED) is 0.726. The molecule has 0 saturated heterocycles. The van der Waals surface area contributed by atoms with Crippen LogP contribution in [0, 0.1) is 6.92 Å². The standard InChI is InChI=1S/C13H18O3/c1-10-6-2-3-7-11(10)12(13(15)16)8-4-5-9-14/h2-3,6-7,12,14H,4-5,8-9H2,1H3,(H,15,16). The minimum Gasteiger partial charge on any atom is -0.481 e. The molecule has 16 heavy (non-hydrogen) atoms. The molecule has 0 spiro atoms. The van der Waals surface area contributed by atoms with Crippen LogP contribution in [-0.4, -0.2) is 22.8 Å². The van der Waals surface area contributed by atoms with Crippen LogP contribution in [0.15, 0.2) is 24.3 Å². The van der Waals surface area contributed by atoms with E-state index in [4.69, 9.17) is 5.11 Å². The molecule has 3 heteroatoms. The van der Waals surface area contributed by atoms with Gasteiger partial charge in [0.15, 0.2) is 0 Å². The first-order valence-electron chi connectivity index (χ1n) is 5.56. The van der Waals surface area contributed by atoms with Crippen LogP contribution in [0.1, 0.15) is 36.3 Å². The van der Waals surface area contributed by atoms with E-state index in [2.05, 4.69) is 0 Å². The van der Waals surface area contributed by atoms with Crippen LogP contribution in [0.4, 0.5) is 0 Å². The molecule has 0 radical (unpaired) electrons. The molecule has 0 aromatic heterocycles. The Balaban J connectivity index is 2.78. The number of carbonyl (C=O) groups is 1. The maximum absolute atomic E-state index is 11.2. The van der Waals surface area contributed by atoms with Gasteiger partial charge in [0.1, 0.15) is 0 Å². The highest BCUT2D eigenvalue weighted by atomic mass is 16.4. The number of unbranched alkanes of at least 4 members (excludes halogenated alkanes) is 1. The maximum atomic E-state index is 11.2. The molecule has 0 aliphatic rings. The van der Waals surface area contributed by atoms with Gasteiger partial charge in [0.05, 0.1) is 5.92 Å². The lowest BCUT2D eigenvalue weighted by molar-refractivity contribution is -0.139. The number of aryl methyl sites for hydroxylation is 1. The number of aliphatic hydroxyl groups excluding tert-OH is 1. The summed E-state index contributed by atoms with van der Waals surface area (Å²) in [6.07, 6.45) is 1.98. The molecule has 0 saturated carbocycles. The first-order chi connectivity index (χ1) is 7.66. The fourth-order valence-corrected chi connectivity index (χ4v) is 1.85. The highest BCUT2D eigenvalue weighted by molar-refractivity contribution is 5.76. The molecule has 0 fully saturated rings. The topological polar surface area (TPSA) is 57.5 Å². The summed E-state index contributed by atoms with van der Waals surface area (Å²) in [5.74, 6) is -1.24. The lowest BCUT2D eigenvalue weighted by atomic mass is 9.90. The summed E-state index contributed by atoms with van der Waals surface area (Å²) in [5, 5.41) is 17.9. The van der Waals surface area contributed by atoms with Gasteiger partial charge in [-0.3, -0.25) is 4.79 Å². The zero-order chi connectivity index (χ0) is 12.0. The Morgan fingerprint density at radius 1 is 1.31 bits per heavy atom. The van der Waals surface area contributed by atoms with Crippen molar-refractivity contribution < 1.29 is 15.0 Å². The summed E-state index contributed by atoms with van der Waals surface area (Å²) in [6, 6.07) is 7.57. The third kappa shape index (κ3) is 3.35. The Morgan fingerprint density at radius 3 is 2.56 bits per heavy atom. The second kappa shape index (κ2) is 6.28. The number of benzene rings is 1. The molecule has 1 aromatic carbocycles. The smallest absolute Gasteiger partial charge is 0.310 e. The molecule has 1 aromatic rings. The predicted octanol–water partition coefficient (Wildman–Crippen LogP) is 2.33. The molecule has 2 N–H and O–H groups in total. The fourth-order valence-electron chi connectivity index (χ4n) is 1.85. The summed E-state index contributed by atoms with van der Waals surface area (Å²) in [4.78, 5) is 11.2. The van der Waals surface area contributed by atoms with Crippen molar-refractivity contribution >= 4 is 5.97 Å². The van der Waals surface area contributed by atoms with Gasteiger partial charge in [0.25, 0.3) is 0 Å². The molecule has 1 atom stereocenters. The molecule has 0 heterocycles. The van der Waals surface area contributed by atoms with Crippen molar-refractivity contribution in [1.82, 2.24) is 0 Å². The number of rotatable bonds is 6. The monoisotopic (exact) mass is 222 g/mol. The number of hydrogen-bond donors (Lipinski definition) is 2. The van der Waals surface area contributed by atoms with Crippen LogP contribution in [-0.2, 0) is 4.79 Å². The summed E-state index contributed by atoms with van der Waals surface area (Å²) >= 11 is 0. The van der Waals surface area contributed by atoms with Gasteiger partial charge in [-0.1, -0.05) is 24.3 Å². The van der Waals surface area contributed by atoms with Gasteiger partial charge in [-0.05, 0) is 37.3 Å². The molecule has 88 valence electrons. The average Bonchev–Trinajstić information content (AvgIpc) is 2.25. The Kier molecular flexibility index (Phi) is 4.99. The van der Waals surface area contributed by atoms with Gasteiger partial charge < -0.3 is 10.2 Å². The van der Waals surface area contributed by atoms with E-state index in [0.29, 0.717) is 12.8 Å². The molecule has 1 unspecified atom stereocenters. The van der Waals surface area contributed by atoms with E-state index < -0.39 is 11.9 Å². The number of hydrogen-bond acceptors (Lipinski definition) is 2. The van der Waals surface area contributed by atoms with Crippen LogP contribution >= 0.6 is 0 Å². The molecule has 0 amide bonds. The minimum atomic E-state index is -0.785. The lowest BCUT2D eigenvalue weighted by Crippen LogP contribution is -2.13. The Morgan fingerprint density at radius 2 is 2.00 bits per heavy atom. The third-order valence-electron chi connectivity index (χ3n) is 2.76. The molecular formula is C13H18O3. The van der Waals surface area contributed by atoms with Gasteiger partial charge in [0.2, 0.25) is 0 Å². The average molecular weight is 222 g/mol. The zero-order valence-corrected chi connectivity index (χ0v) is 9.52. The van der Waals surface area contributed by atoms with E-state index in [1.807, 2.05) is 31.2 Å². The summed E-state index contributed by atoms with van der Waals surface area (Å²) in [7, 11) is 0. The van der Waals surface area contributed by atoms with Gasteiger partial charge in [-0.2, -0.15) is 0 Å². The van der Waals surface area contributed by atoms with E-state index in [1.165, 1.54) is 0 Å². The second-order valence-corrected chi connectivity index (χ2v) is 3.97. The zero-order valence-electron chi connectivity index (χ0n) is 9.52. The van der Waals surface area contributed by atoms with Gasteiger partial charge >= 0.3 is 5.97 Å². The van der Waals surface area contributed by atoms with Crippen molar-refractivity contribution in [3.8, 4) is 0 Å². The highest BCUT2D eigenvalue weighted by Crippen LogP contribution is 2.25. The maximum Gasteiger partial charge on any atom is 0.310 e. The Labute approximate surface area is 95.7 Å². The second-order valence-electron chi connectivity index (χ2n) is 3.97. The van der Waals surface area contributed by atoms with E-state index in [1.54, 1.807) is 0 Å². The van der Waals surface area contributed by atoms with Crippen LogP contribution in [0.25, 0.3) is 0 Å². The molecule has 3 nitrogen and oxygen atoms in total. The SMILES string of the molecule is Cc1ccccc1C(CCCCO)C(=O)O. The number of aliphatic hydroxyl groups is 1. The van der Waals surface area contributed by atoms with Gasteiger partial charge in [-0.15, -0.1) is 0 Å². The minimum absolute atomic E-state index is 0.125.